The first kappa shape index (κ1) is 20.3. The molecule has 1 aromatic carbocycles. The Labute approximate surface area is 153 Å². The molecule has 1 aromatic rings. The lowest BCUT2D eigenvalue weighted by Crippen LogP contribution is -3.28. The summed E-state index contributed by atoms with van der Waals surface area (Å²) in [6.07, 6.45) is -0.169. The molecule has 1 saturated heterocycles. The normalized spacial score (nSPS) is 22.2. The number of aliphatic hydroxyl groups is 1. The van der Waals surface area contributed by atoms with Crippen molar-refractivity contribution in [2.45, 2.75) is 26.5 Å². The quantitative estimate of drug-likeness (QED) is 0.258. The maximum absolute atomic E-state index is 10.1. The van der Waals surface area contributed by atoms with Crippen molar-refractivity contribution in [3.05, 3.63) is 35.9 Å². The fraction of sp³-hybridized carbons (Fsp3) is 0.700. The van der Waals surface area contributed by atoms with E-state index in [2.05, 4.69) is 49.5 Å². The predicted octanol–water partition coefficient (Wildman–Crippen LogP) is -4.18. The van der Waals surface area contributed by atoms with E-state index >= 15 is 0 Å². The Morgan fingerprint density at radius 1 is 1.04 bits per heavy atom. The first-order valence-corrected chi connectivity index (χ1v) is 10.3. The molecule has 1 atom stereocenters. The number of nitrogens with one attached hydrogen (secondary N) is 3. The molecule has 0 bridgehead atoms. The summed E-state index contributed by atoms with van der Waals surface area (Å²) in [6.45, 7) is 17.0. The summed E-state index contributed by atoms with van der Waals surface area (Å²) < 4.78 is 0. The van der Waals surface area contributed by atoms with Crippen LogP contribution in [0.3, 0.4) is 0 Å². The summed E-state index contributed by atoms with van der Waals surface area (Å²) in [4.78, 5) is 4.94. The molecule has 0 aromatic heterocycles. The number of benzene rings is 1. The smallest absolute Gasteiger partial charge is 0.151 e. The summed E-state index contributed by atoms with van der Waals surface area (Å²) in [5.41, 5.74) is 1.46. The van der Waals surface area contributed by atoms with Gasteiger partial charge in [-0.25, -0.2) is 0 Å². The van der Waals surface area contributed by atoms with Crippen LogP contribution in [0.4, 0.5) is 0 Å². The van der Waals surface area contributed by atoms with Crippen LogP contribution in [0.2, 0.25) is 0 Å². The van der Waals surface area contributed by atoms with Crippen LogP contribution in [-0.4, -0.2) is 76.7 Å². The molecule has 1 fully saturated rings. The maximum Gasteiger partial charge on any atom is 0.151 e. The van der Waals surface area contributed by atoms with Gasteiger partial charge in [0.25, 0.3) is 0 Å². The van der Waals surface area contributed by atoms with Crippen molar-refractivity contribution < 1.29 is 25.1 Å². The van der Waals surface area contributed by atoms with Gasteiger partial charge in [0, 0.05) is 5.56 Å². The Kier molecular flexibility index (Phi) is 9.43. The van der Waals surface area contributed by atoms with Gasteiger partial charge in [-0.1, -0.05) is 30.3 Å². The fourth-order valence-electron chi connectivity index (χ4n) is 3.84. The van der Waals surface area contributed by atoms with Gasteiger partial charge in [-0.2, -0.15) is 0 Å². The van der Waals surface area contributed by atoms with E-state index in [0.29, 0.717) is 0 Å². The third-order valence-corrected chi connectivity index (χ3v) is 5.63. The molecule has 1 heterocycles. The van der Waals surface area contributed by atoms with E-state index in [1.807, 2.05) is 0 Å². The van der Waals surface area contributed by atoms with E-state index in [0.717, 1.165) is 32.7 Å². The van der Waals surface area contributed by atoms with Crippen LogP contribution < -0.4 is 20.0 Å². The van der Waals surface area contributed by atoms with Gasteiger partial charge >= 0.3 is 0 Å². The Morgan fingerprint density at radius 2 is 1.68 bits per heavy atom. The molecule has 5 nitrogen and oxygen atoms in total. The molecule has 1 aliphatic rings. The molecule has 2 rings (SSSR count). The molecular formula is C20H40N4O+4. The summed E-state index contributed by atoms with van der Waals surface area (Å²) in [5, 5.41) is 12.4. The van der Waals surface area contributed by atoms with Gasteiger partial charge in [0.15, 0.2) is 6.10 Å². The number of quaternary nitrogens is 4. The number of aliphatic hydroxyl groups excluding tert-OH is 1. The van der Waals surface area contributed by atoms with Crippen LogP contribution in [0.25, 0.3) is 0 Å². The summed E-state index contributed by atoms with van der Waals surface area (Å²) in [7, 11) is 0. The fourth-order valence-corrected chi connectivity index (χ4v) is 3.84. The second kappa shape index (κ2) is 11.6. The van der Waals surface area contributed by atoms with Gasteiger partial charge in [-0.05, 0) is 13.8 Å². The van der Waals surface area contributed by atoms with E-state index in [1.54, 1.807) is 9.80 Å². The van der Waals surface area contributed by atoms with E-state index < -0.39 is 0 Å². The van der Waals surface area contributed by atoms with Crippen LogP contribution in [0, 0.1) is 0 Å². The SMILES string of the molecule is CC[NH+](CC)C[C@H](O)C[NH2+]CC[NH+]1CC[NH+](Cc2ccccc2)CC1. The molecule has 5 heteroatoms. The standard InChI is InChI=1S/C20H36N4O/c1-3-22(4-2)18-20(25)16-21-10-11-23-12-14-24(15-13-23)17-19-8-6-5-7-9-19/h5-9,20-21,25H,3-4,10-18H2,1-2H3/p+4/t20-/m1/s1. The highest BCUT2D eigenvalue weighted by atomic mass is 16.3. The average Bonchev–Trinajstić information content (AvgIpc) is 2.65. The van der Waals surface area contributed by atoms with Gasteiger partial charge in [-0.15, -0.1) is 0 Å². The minimum Gasteiger partial charge on any atom is -0.382 e. The molecule has 0 aliphatic carbocycles. The molecule has 0 amide bonds. The molecule has 142 valence electrons. The zero-order valence-electron chi connectivity index (χ0n) is 16.3. The lowest BCUT2D eigenvalue weighted by atomic mass is 10.2. The van der Waals surface area contributed by atoms with Gasteiger partial charge in [0.2, 0.25) is 0 Å². The Morgan fingerprint density at radius 3 is 2.32 bits per heavy atom. The second-order valence-electron chi connectivity index (χ2n) is 7.54. The number of hydrogen-bond donors (Lipinski definition) is 5. The Balaban J connectivity index is 1.53. The van der Waals surface area contributed by atoms with Crippen molar-refractivity contribution in [2.24, 2.45) is 0 Å². The molecule has 0 spiro atoms. The van der Waals surface area contributed by atoms with Crippen molar-refractivity contribution in [1.29, 1.82) is 0 Å². The van der Waals surface area contributed by atoms with Gasteiger partial charge in [-0.3, -0.25) is 0 Å². The molecule has 1 aliphatic heterocycles. The van der Waals surface area contributed by atoms with E-state index in [1.165, 1.54) is 49.7 Å². The van der Waals surface area contributed by atoms with Crippen LogP contribution >= 0.6 is 0 Å². The van der Waals surface area contributed by atoms with Crippen LogP contribution in [0.5, 0.6) is 0 Å². The summed E-state index contributed by atoms with van der Waals surface area (Å²) in [5.74, 6) is 0. The molecule has 0 unspecified atom stereocenters. The topological polar surface area (TPSA) is 50.2 Å². The third kappa shape index (κ3) is 7.84. The summed E-state index contributed by atoms with van der Waals surface area (Å²) >= 11 is 0. The van der Waals surface area contributed by atoms with E-state index in [4.69, 9.17) is 0 Å². The minimum absolute atomic E-state index is 0.169. The zero-order valence-corrected chi connectivity index (χ0v) is 16.3. The molecule has 25 heavy (non-hydrogen) atoms. The second-order valence-corrected chi connectivity index (χ2v) is 7.54. The number of rotatable bonds is 11. The summed E-state index contributed by atoms with van der Waals surface area (Å²) in [6, 6.07) is 10.9. The highest BCUT2D eigenvalue weighted by molar-refractivity contribution is 5.13. The highest BCUT2D eigenvalue weighted by Gasteiger charge is 2.23. The number of piperazine rings is 1. The van der Waals surface area contributed by atoms with Crippen molar-refractivity contribution in [2.75, 3.05) is 65.4 Å². The van der Waals surface area contributed by atoms with E-state index in [-0.39, 0.29) is 6.10 Å². The lowest BCUT2D eigenvalue weighted by molar-refractivity contribution is -1.02. The zero-order chi connectivity index (χ0) is 17.9. The van der Waals surface area contributed by atoms with Crippen molar-refractivity contribution in [1.82, 2.24) is 0 Å². The van der Waals surface area contributed by atoms with Crippen LogP contribution in [0.15, 0.2) is 30.3 Å². The molecule has 0 saturated carbocycles. The van der Waals surface area contributed by atoms with Crippen molar-refractivity contribution in [3.63, 3.8) is 0 Å². The number of likely N-dealkylation sites (N-methyl/N-ethyl adjacent to an activating group) is 1. The van der Waals surface area contributed by atoms with Gasteiger partial charge in [0.1, 0.15) is 58.9 Å². The lowest BCUT2D eigenvalue weighted by Gasteiger charge is -2.29. The van der Waals surface area contributed by atoms with Gasteiger partial charge in [0.05, 0.1) is 13.1 Å². The van der Waals surface area contributed by atoms with Crippen molar-refractivity contribution >= 4 is 0 Å². The average molecular weight is 353 g/mol. The molecule has 0 radical (unpaired) electrons. The maximum atomic E-state index is 10.1. The number of hydrogen-bond acceptors (Lipinski definition) is 1. The Bertz CT molecular complexity index is 444. The minimum atomic E-state index is -0.169. The van der Waals surface area contributed by atoms with Crippen LogP contribution in [-0.2, 0) is 6.54 Å². The predicted molar refractivity (Wildman–Crippen MR) is 101 cm³/mol. The van der Waals surface area contributed by atoms with E-state index in [9.17, 15) is 5.11 Å². The monoisotopic (exact) mass is 352 g/mol. The highest BCUT2D eigenvalue weighted by Crippen LogP contribution is 1.94. The first-order valence-electron chi connectivity index (χ1n) is 10.3. The largest absolute Gasteiger partial charge is 0.382 e. The molecular weight excluding hydrogens is 312 g/mol. The van der Waals surface area contributed by atoms with Gasteiger partial charge < -0.3 is 25.1 Å². The van der Waals surface area contributed by atoms with Crippen LogP contribution in [0.1, 0.15) is 19.4 Å². The van der Waals surface area contributed by atoms with Crippen molar-refractivity contribution in [3.8, 4) is 0 Å². The Hall–Kier alpha value is -0.980. The first-order chi connectivity index (χ1) is 12.2. The molecule has 6 N–H and O–H groups in total. The number of nitrogens with two attached hydrogens (primary N) is 1. The third-order valence-electron chi connectivity index (χ3n) is 5.63.